The maximum Gasteiger partial charge on any atom is 0.227 e. The van der Waals surface area contributed by atoms with Gasteiger partial charge in [0.2, 0.25) is 5.91 Å². The summed E-state index contributed by atoms with van der Waals surface area (Å²) in [5.41, 5.74) is 2.32. The molecule has 5 heteroatoms. The fraction of sp³-hybridized carbons (Fsp3) is 0.263. The highest BCUT2D eigenvalue weighted by molar-refractivity contribution is 5.94. The van der Waals surface area contributed by atoms with E-state index in [2.05, 4.69) is 5.32 Å². The van der Waals surface area contributed by atoms with E-state index in [-0.39, 0.29) is 6.42 Å². The Balaban J connectivity index is 2.08. The van der Waals surface area contributed by atoms with Crippen LogP contribution in [-0.4, -0.2) is 11.9 Å². The summed E-state index contributed by atoms with van der Waals surface area (Å²) in [4.78, 5) is 23.8. The molecule has 0 bridgehead atoms. The number of benzene rings is 2. The van der Waals surface area contributed by atoms with Crippen LogP contribution < -0.4 is 10.4 Å². The molecule has 0 heterocycles. The van der Waals surface area contributed by atoms with Crippen molar-refractivity contribution in [2.45, 2.75) is 20.3 Å². The molecule has 4 nitrogen and oxygen atoms in total. The number of rotatable bonds is 6. The molecule has 126 valence electrons. The van der Waals surface area contributed by atoms with Gasteiger partial charge in [-0.2, -0.15) is 0 Å². The lowest BCUT2D eigenvalue weighted by atomic mass is 9.87. The van der Waals surface area contributed by atoms with Crippen molar-refractivity contribution in [2.75, 3.05) is 5.32 Å². The number of carboxylic acids is 1. The largest absolute Gasteiger partial charge is 0.550 e. The smallest absolute Gasteiger partial charge is 0.227 e. The number of anilines is 1. The number of hydrogen-bond acceptors (Lipinski definition) is 3. The highest BCUT2D eigenvalue weighted by atomic mass is 19.1. The van der Waals surface area contributed by atoms with Crippen LogP contribution in [0.3, 0.4) is 0 Å². The van der Waals surface area contributed by atoms with Crippen molar-refractivity contribution < 1.29 is 19.1 Å². The zero-order valence-electron chi connectivity index (χ0n) is 13.6. The van der Waals surface area contributed by atoms with Gasteiger partial charge < -0.3 is 15.2 Å². The second-order valence-corrected chi connectivity index (χ2v) is 5.90. The Morgan fingerprint density at radius 2 is 1.67 bits per heavy atom. The maximum atomic E-state index is 12.9. The first-order valence-corrected chi connectivity index (χ1v) is 7.69. The molecule has 1 amide bonds. The van der Waals surface area contributed by atoms with Gasteiger partial charge in [0.25, 0.3) is 0 Å². The van der Waals surface area contributed by atoms with E-state index >= 15 is 0 Å². The molecule has 0 spiro atoms. The fourth-order valence-electron chi connectivity index (χ4n) is 2.41. The van der Waals surface area contributed by atoms with Gasteiger partial charge in [0.15, 0.2) is 0 Å². The minimum Gasteiger partial charge on any atom is -0.550 e. The normalized spacial score (nSPS) is 13.1. The number of hydrogen-bond donors (Lipinski definition) is 1. The van der Waals surface area contributed by atoms with E-state index in [9.17, 15) is 19.1 Å². The third-order valence-corrected chi connectivity index (χ3v) is 4.01. The number of nitrogens with one attached hydrogen (secondary N) is 1. The van der Waals surface area contributed by atoms with Crippen LogP contribution in [-0.2, 0) is 16.0 Å². The SMILES string of the molecule is Cc1ccc(C[C@@H](C(=O)[O-])[C@@H](C)C(=O)Nc2ccc(F)cc2)cc1. The number of amides is 1. The van der Waals surface area contributed by atoms with Crippen LogP contribution in [0.2, 0.25) is 0 Å². The van der Waals surface area contributed by atoms with E-state index in [0.29, 0.717) is 5.69 Å². The van der Waals surface area contributed by atoms with Gasteiger partial charge in [-0.05, 0) is 43.2 Å². The lowest BCUT2D eigenvalue weighted by Gasteiger charge is -2.24. The van der Waals surface area contributed by atoms with Gasteiger partial charge in [-0.1, -0.05) is 36.8 Å². The Morgan fingerprint density at radius 1 is 1.08 bits per heavy atom. The average Bonchev–Trinajstić information content (AvgIpc) is 2.55. The first-order valence-electron chi connectivity index (χ1n) is 7.69. The van der Waals surface area contributed by atoms with E-state index < -0.39 is 29.5 Å². The van der Waals surface area contributed by atoms with Gasteiger partial charge in [-0.3, -0.25) is 4.79 Å². The molecular formula is C19H19FNO3-. The van der Waals surface area contributed by atoms with Crippen molar-refractivity contribution >= 4 is 17.6 Å². The molecule has 0 saturated heterocycles. The second kappa shape index (κ2) is 7.73. The third-order valence-electron chi connectivity index (χ3n) is 4.01. The summed E-state index contributed by atoms with van der Waals surface area (Å²) in [5, 5.41) is 14.1. The van der Waals surface area contributed by atoms with Crippen LogP contribution in [0.1, 0.15) is 18.1 Å². The minimum absolute atomic E-state index is 0.209. The molecular weight excluding hydrogens is 309 g/mol. The molecule has 0 radical (unpaired) electrons. The van der Waals surface area contributed by atoms with Gasteiger partial charge in [0.1, 0.15) is 5.82 Å². The van der Waals surface area contributed by atoms with Crippen LogP contribution in [0.15, 0.2) is 48.5 Å². The van der Waals surface area contributed by atoms with Gasteiger partial charge in [-0.15, -0.1) is 0 Å². The quantitative estimate of drug-likeness (QED) is 0.885. The highest BCUT2D eigenvalue weighted by Gasteiger charge is 2.25. The molecule has 0 aromatic heterocycles. The molecule has 24 heavy (non-hydrogen) atoms. The van der Waals surface area contributed by atoms with Crippen LogP contribution in [0, 0.1) is 24.6 Å². The summed E-state index contributed by atoms with van der Waals surface area (Å²) in [5.74, 6) is -3.86. The van der Waals surface area contributed by atoms with Crippen molar-refractivity contribution in [1.82, 2.24) is 0 Å². The molecule has 2 aromatic carbocycles. The van der Waals surface area contributed by atoms with E-state index in [1.54, 1.807) is 6.92 Å². The summed E-state index contributed by atoms with van der Waals surface area (Å²) < 4.78 is 12.9. The first kappa shape index (κ1) is 17.7. The topological polar surface area (TPSA) is 69.2 Å². The van der Waals surface area contributed by atoms with Crippen LogP contribution >= 0.6 is 0 Å². The summed E-state index contributed by atoms with van der Waals surface area (Å²) in [6.07, 6.45) is 0.209. The molecule has 0 aliphatic rings. The number of aryl methyl sites for hydroxylation is 1. The van der Waals surface area contributed by atoms with Crippen molar-refractivity contribution in [1.29, 1.82) is 0 Å². The number of carboxylic acid groups (broad SMARTS) is 1. The third kappa shape index (κ3) is 4.65. The van der Waals surface area contributed by atoms with Crippen LogP contribution in [0.5, 0.6) is 0 Å². The maximum absolute atomic E-state index is 12.9. The number of halogens is 1. The van der Waals surface area contributed by atoms with Crippen LogP contribution in [0.25, 0.3) is 0 Å². The molecule has 2 aromatic rings. The highest BCUT2D eigenvalue weighted by Crippen LogP contribution is 2.20. The van der Waals surface area contributed by atoms with Gasteiger partial charge in [0.05, 0.1) is 0 Å². The predicted octanol–water partition coefficient (Wildman–Crippen LogP) is 2.32. The van der Waals surface area contributed by atoms with E-state index in [1.807, 2.05) is 31.2 Å². The molecule has 0 aliphatic carbocycles. The first-order chi connectivity index (χ1) is 11.4. The Morgan fingerprint density at radius 3 is 2.21 bits per heavy atom. The monoisotopic (exact) mass is 328 g/mol. The van der Waals surface area contributed by atoms with Crippen molar-refractivity contribution in [3.8, 4) is 0 Å². The van der Waals surface area contributed by atoms with Crippen molar-refractivity contribution in [3.05, 3.63) is 65.5 Å². The molecule has 0 unspecified atom stereocenters. The van der Waals surface area contributed by atoms with E-state index in [1.165, 1.54) is 24.3 Å². The Hall–Kier alpha value is -2.69. The minimum atomic E-state index is -1.27. The number of aliphatic carboxylic acids is 1. The Labute approximate surface area is 140 Å². The number of carbonyl (C=O) groups excluding carboxylic acids is 2. The van der Waals surface area contributed by atoms with Crippen molar-refractivity contribution in [3.63, 3.8) is 0 Å². The van der Waals surface area contributed by atoms with Gasteiger partial charge >= 0.3 is 0 Å². The lowest BCUT2D eigenvalue weighted by molar-refractivity contribution is -0.312. The van der Waals surface area contributed by atoms with E-state index in [0.717, 1.165) is 11.1 Å². The van der Waals surface area contributed by atoms with Gasteiger partial charge in [-0.25, -0.2) is 4.39 Å². The molecule has 2 atom stereocenters. The molecule has 2 rings (SSSR count). The zero-order valence-corrected chi connectivity index (χ0v) is 13.6. The van der Waals surface area contributed by atoms with Crippen LogP contribution in [0.4, 0.5) is 10.1 Å². The molecule has 0 fully saturated rings. The fourth-order valence-corrected chi connectivity index (χ4v) is 2.41. The number of carbonyl (C=O) groups is 2. The Kier molecular flexibility index (Phi) is 5.68. The summed E-state index contributed by atoms with van der Waals surface area (Å²) in [6, 6.07) is 12.8. The molecule has 0 saturated carbocycles. The van der Waals surface area contributed by atoms with E-state index in [4.69, 9.17) is 0 Å². The molecule has 1 N–H and O–H groups in total. The van der Waals surface area contributed by atoms with Gasteiger partial charge in [0, 0.05) is 23.5 Å². The lowest BCUT2D eigenvalue weighted by Crippen LogP contribution is -2.40. The average molecular weight is 328 g/mol. The molecule has 0 aliphatic heterocycles. The van der Waals surface area contributed by atoms with Crippen molar-refractivity contribution in [2.24, 2.45) is 11.8 Å². The summed E-state index contributed by atoms with van der Waals surface area (Å²) in [6.45, 7) is 3.49. The standard InChI is InChI=1S/C19H20FNO3/c1-12-3-5-14(6-4-12)11-17(19(23)24)13(2)18(22)21-16-9-7-15(20)8-10-16/h3-10,13,17H,11H2,1-2H3,(H,21,22)(H,23,24)/p-1/t13-,17-/m1/s1. The second-order valence-electron chi connectivity index (χ2n) is 5.90. The summed E-state index contributed by atoms with van der Waals surface area (Å²) in [7, 11) is 0. The summed E-state index contributed by atoms with van der Waals surface area (Å²) >= 11 is 0. The predicted molar refractivity (Wildman–Crippen MR) is 87.6 cm³/mol. The zero-order chi connectivity index (χ0) is 17.7. The Bertz CT molecular complexity index is 710.